The molecule has 130 valence electrons. The van der Waals surface area contributed by atoms with Gasteiger partial charge in [-0.3, -0.25) is 0 Å². The molecule has 0 saturated carbocycles. The number of rotatable bonds is 3. The second-order valence-corrected chi connectivity index (χ2v) is 7.28. The van der Waals surface area contributed by atoms with Crippen molar-refractivity contribution >= 4 is 22.0 Å². The molecule has 0 spiro atoms. The predicted octanol–water partition coefficient (Wildman–Crippen LogP) is 5.37. The average Bonchev–Trinajstić information content (AvgIpc) is 3.29. The predicted molar refractivity (Wildman–Crippen MR) is 112 cm³/mol. The van der Waals surface area contributed by atoms with Gasteiger partial charge in [0, 0.05) is 16.8 Å². The van der Waals surface area contributed by atoms with Crippen LogP contribution in [0.2, 0.25) is 0 Å². The molecule has 27 heavy (non-hydrogen) atoms. The van der Waals surface area contributed by atoms with E-state index in [1.165, 1.54) is 11.1 Å². The molecule has 0 bridgehead atoms. The fourth-order valence-electron chi connectivity index (χ4n) is 3.05. The molecule has 0 saturated heterocycles. The topological polar surface area (TPSA) is 56.2 Å². The summed E-state index contributed by atoms with van der Waals surface area (Å²) in [6, 6.07) is 26.6. The summed E-state index contributed by atoms with van der Waals surface area (Å²) in [4.78, 5) is 5.58. The number of nitrogen functional groups attached to an aromatic ring is 1. The van der Waals surface area contributed by atoms with Crippen molar-refractivity contribution in [2.24, 2.45) is 0 Å². The summed E-state index contributed by atoms with van der Waals surface area (Å²) in [6.45, 7) is 0. The first-order chi connectivity index (χ1) is 13.3. The molecular formula is C22H16N4S. The third-order valence-electron chi connectivity index (χ3n) is 4.49. The minimum atomic E-state index is 0.749. The van der Waals surface area contributed by atoms with E-state index in [-0.39, 0.29) is 0 Å². The van der Waals surface area contributed by atoms with E-state index < -0.39 is 0 Å². The van der Waals surface area contributed by atoms with Crippen LogP contribution < -0.4 is 5.73 Å². The summed E-state index contributed by atoms with van der Waals surface area (Å²) in [5, 5.41) is 5.66. The van der Waals surface area contributed by atoms with Crippen molar-refractivity contribution in [3.63, 3.8) is 0 Å². The van der Waals surface area contributed by atoms with Gasteiger partial charge in [0.25, 0.3) is 0 Å². The quantitative estimate of drug-likeness (QED) is 0.435. The van der Waals surface area contributed by atoms with E-state index in [9.17, 15) is 0 Å². The van der Waals surface area contributed by atoms with Gasteiger partial charge in [-0.25, -0.2) is 9.50 Å². The molecule has 0 amide bonds. The van der Waals surface area contributed by atoms with Crippen LogP contribution in [0.1, 0.15) is 0 Å². The molecule has 5 rings (SSSR count). The van der Waals surface area contributed by atoms with E-state index >= 15 is 0 Å². The smallest absolute Gasteiger partial charge is 0.213 e. The summed E-state index contributed by atoms with van der Waals surface area (Å²) in [7, 11) is 0. The Morgan fingerprint density at radius 1 is 0.704 bits per heavy atom. The normalized spacial score (nSPS) is 11.1. The maximum absolute atomic E-state index is 5.76. The van der Waals surface area contributed by atoms with Crippen molar-refractivity contribution in [3.05, 3.63) is 85.1 Å². The fourth-order valence-corrected chi connectivity index (χ4v) is 3.93. The molecule has 4 nitrogen and oxygen atoms in total. The number of hydrogen-bond donors (Lipinski definition) is 1. The van der Waals surface area contributed by atoms with E-state index in [0.29, 0.717) is 0 Å². The van der Waals surface area contributed by atoms with Crippen molar-refractivity contribution in [3.8, 4) is 33.0 Å². The molecule has 5 heteroatoms. The summed E-state index contributed by atoms with van der Waals surface area (Å²) in [5.41, 5.74) is 12.0. The second-order valence-electron chi connectivity index (χ2n) is 6.33. The van der Waals surface area contributed by atoms with Gasteiger partial charge >= 0.3 is 0 Å². The van der Waals surface area contributed by atoms with Crippen LogP contribution in [-0.4, -0.2) is 14.6 Å². The number of anilines is 1. The molecule has 2 heterocycles. The van der Waals surface area contributed by atoms with E-state index in [0.717, 1.165) is 32.5 Å². The summed E-state index contributed by atoms with van der Waals surface area (Å²) in [6.07, 6.45) is 1.96. The van der Waals surface area contributed by atoms with Crippen molar-refractivity contribution in [1.82, 2.24) is 14.6 Å². The van der Waals surface area contributed by atoms with Crippen LogP contribution in [0.3, 0.4) is 0 Å². The van der Waals surface area contributed by atoms with Crippen LogP contribution in [0.4, 0.5) is 5.69 Å². The molecular weight excluding hydrogens is 352 g/mol. The minimum absolute atomic E-state index is 0.749. The van der Waals surface area contributed by atoms with Crippen molar-refractivity contribution < 1.29 is 0 Å². The third-order valence-corrected chi connectivity index (χ3v) is 5.46. The maximum Gasteiger partial charge on any atom is 0.213 e. The highest BCUT2D eigenvalue weighted by molar-refractivity contribution is 7.19. The van der Waals surface area contributed by atoms with Crippen LogP contribution in [-0.2, 0) is 0 Å². The molecule has 0 unspecified atom stereocenters. The van der Waals surface area contributed by atoms with Crippen LogP contribution >= 0.6 is 11.3 Å². The number of nitrogens with two attached hydrogens (primary N) is 1. The highest BCUT2D eigenvalue weighted by Crippen LogP contribution is 2.30. The number of imidazole rings is 1. The standard InChI is InChI=1S/C22H16N4S/c23-19-12-10-17(11-13-19)20-14-26-22(24-20)27-21(25-26)18-8-6-16(7-9-18)15-4-2-1-3-5-15/h1-14H,23H2. The van der Waals surface area contributed by atoms with E-state index in [2.05, 4.69) is 48.5 Å². The zero-order valence-corrected chi connectivity index (χ0v) is 15.2. The summed E-state index contributed by atoms with van der Waals surface area (Å²) in [5.74, 6) is 0. The lowest BCUT2D eigenvalue weighted by atomic mass is 10.0. The van der Waals surface area contributed by atoms with Crippen LogP contribution in [0.5, 0.6) is 0 Å². The molecule has 2 N–H and O–H groups in total. The number of aromatic nitrogens is 3. The highest BCUT2D eigenvalue weighted by Gasteiger charge is 2.11. The van der Waals surface area contributed by atoms with Crippen LogP contribution in [0.15, 0.2) is 85.1 Å². The van der Waals surface area contributed by atoms with Gasteiger partial charge in [-0.1, -0.05) is 78.1 Å². The molecule has 0 fully saturated rings. The molecule has 0 aliphatic heterocycles. The molecule has 0 aliphatic rings. The lowest BCUT2D eigenvalue weighted by Gasteiger charge is -2.02. The van der Waals surface area contributed by atoms with Gasteiger partial charge in [0.05, 0.1) is 11.9 Å². The van der Waals surface area contributed by atoms with E-state index in [4.69, 9.17) is 15.8 Å². The largest absolute Gasteiger partial charge is 0.399 e. The summed E-state index contributed by atoms with van der Waals surface area (Å²) < 4.78 is 1.84. The Hall–Kier alpha value is -3.44. The van der Waals surface area contributed by atoms with Crippen molar-refractivity contribution in [2.45, 2.75) is 0 Å². The minimum Gasteiger partial charge on any atom is -0.399 e. The lowest BCUT2D eigenvalue weighted by molar-refractivity contribution is 0.978. The number of fused-ring (bicyclic) bond motifs is 1. The third kappa shape index (κ3) is 2.98. The van der Waals surface area contributed by atoms with Gasteiger partial charge < -0.3 is 5.73 Å². The Kier molecular flexibility index (Phi) is 3.73. The van der Waals surface area contributed by atoms with E-state index in [1.807, 2.05) is 41.0 Å². The van der Waals surface area contributed by atoms with Gasteiger partial charge in [0.1, 0.15) is 5.01 Å². The first-order valence-corrected chi connectivity index (χ1v) is 9.46. The lowest BCUT2D eigenvalue weighted by Crippen LogP contribution is -1.85. The fraction of sp³-hybridized carbons (Fsp3) is 0. The monoisotopic (exact) mass is 368 g/mol. The zero-order chi connectivity index (χ0) is 18.2. The first kappa shape index (κ1) is 15.8. The highest BCUT2D eigenvalue weighted by atomic mass is 32.1. The van der Waals surface area contributed by atoms with Crippen LogP contribution in [0.25, 0.3) is 37.9 Å². The Morgan fingerprint density at radius 2 is 1.33 bits per heavy atom. The second kappa shape index (κ2) is 6.37. The Morgan fingerprint density at radius 3 is 2.04 bits per heavy atom. The molecule has 0 radical (unpaired) electrons. The zero-order valence-electron chi connectivity index (χ0n) is 14.4. The maximum atomic E-state index is 5.76. The summed E-state index contributed by atoms with van der Waals surface area (Å²) >= 11 is 1.59. The van der Waals surface area contributed by atoms with Gasteiger partial charge in [-0.2, -0.15) is 5.10 Å². The Bertz CT molecular complexity index is 1170. The molecule has 2 aromatic heterocycles. The molecule has 3 aromatic carbocycles. The average molecular weight is 368 g/mol. The Balaban J connectivity index is 1.45. The van der Waals surface area contributed by atoms with Gasteiger partial charge in [0.2, 0.25) is 4.96 Å². The van der Waals surface area contributed by atoms with Crippen molar-refractivity contribution in [2.75, 3.05) is 5.73 Å². The van der Waals surface area contributed by atoms with Gasteiger partial charge in [0.15, 0.2) is 0 Å². The number of nitrogens with zero attached hydrogens (tertiary/aromatic N) is 3. The first-order valence-electron chi connectivity index (χ1n) is 8.64. The van der Waals surface area contributed by atoms with Crippen molar-refractivity contribution in [1.29, 1.82) is 0 Å². The van der Waals surface area contributed by atoms with Gasteiger partial charge in [-0.15, -0.1) is 0 Å². The molecule has 5 aromatic rings. The Labute approximate surface area is 160 Å². The van der Waals surface area contributed by atoms with Crippen LogP contribution in [0, 0.1) is 0 Å². The number of hydrogen-bond acceptors (Lipinski definition) is 4. The number of benzene rings is 3. The van der Waals surface area contributed by atoms with E-state index in [1.54, 1.807) is 11.3 Å². The SMILES string of the molecule is Nc1ccc(-c2cn3nc(-c4ccc(-c5ccccc5)cc4)sc3n2)cc1. The van der Waals surface area contributed by atoms with Gasteiger partial charge in [-0.05, 0) is 23.3 Å². The molecule has 0 aliphatic carbocycles. The molecule has 0 atom stereocenters.